The Morgan fingerprint density at radius 3 is 2.70 bits per heavy atom. The molecule has 4 rings (SSSR count). The predicted octanol–water partition coefficient (Wildman–Crippen LogP) is 3.67. The monoisotopic (exact) mass is 420 g/mol. The van der Waals surface area contributed by atoms with Gasteiger partial charge < -0.3 is 4.74 Å². The Kier molecular flexibility index (Phi) is 4.41. The SMILES string of the molecule is COc1ncccc1C1C(=O)N(S(=O)(=O)c2cccs2)c2ccc(Cl)cc21. The maximum atomic E-state index is 13.3. The molecule has 27 heavy (non-hydrogen) atoms. The zero-order valence-electron chi connectivity index (χ0n) is 14.0. The van der Waals surface area contributed by atoms with Crippen LogP contribution in [0, 0.1) is 0 Å². The lowest BCUT2D eigenvalue weighted by Crippen LogP contribution is -2.35. The maximum absolute atomic E-state index is 13.3. The molecule has 1 aliphatic heterocycles. The minimum atomic E-state index is -4.03. The van der Waals surface area contributed by atoms with Crippen LogP contribution in [-0.2, 0) is 14.8 Å². The number of sulfonamides is 1. The van der Waals surface area contributed by atoms with E-state index in [-0.39, 0.29) is 15.8 Å². The standard InChI is InChI=1S/C18H13ClN2O4S2/c1-25-17-12(4-2-8-20-17)16-13-10-11(19)6-7-14(13)21(18(16)22)27(23,24)15-5-3-9-26-15/h2-10,16H,1H3. The van der Waals surface area contributed by atoms with Crippen molar-refractivity contribution >= 4 is 44.6 Å². The van der Waals surface area contributed by atoms with Crippen LogP contribution in [0.5, 0.6) is 5.88 Å². The second kappa shape index (κ2) is 6.63. The van der Waals surface area contributed by atoms with Gasteiger partial charge in [-0.2, -0.15) is 8.42 Å². The van der Waals surface area contributed by atoms with Crippen molar-refractivity contribution in [2.24, 2.45) is 0 Å². The summed E-state index contributed by atoms with van der Waals surface area (Å²) in [5.41, 5.74) is 1.27. The van der Waals surface area contributed by atoms with Crippen LogP contribution < -0.4 is 9.04 Å². The van der Waals surface area contributed by atoms with Crippen LogP contribution in [0.25, 0.3) is 0 Å². The minimum absolute atomic E-state index is 0.0931. The van der Waals surface area contributed by atoms with E-state index in [9.17, 15) is 13.2 Å². The van der Waals surface area contributed by atoms with Crippen LogP contribution in [-0.4, -0.2) is 26.4 Å². The first kappa shape index (κ1) is 18.0. The molecule has 0 spiro atoms. The molecule has 0 saturated heterocycles. The molecule has 138 valence electrons. The number of thiophene rings is 1. The number of halogens is 1. The number of ether oxygens (including phenoxy) is 1. The fourth-order valence-electron chi connectivity index (χ4n) is 3.15. The smallest absolute Gasteiger partial charge is 0.280 e. The van der Waals surface area contributed by atoms with Gasteiger partial charge in [-0.15, -0.1) is 11.3 Å². The van der Waals surface area contributed by atoms with Crippen molar-refractivity contribution in [2.45, 2.75) is 10.1 Å². The molecule has 0 aliphatic carbocycles. The van der Waals surface area contributed by atoms with E-state index in [1.54, 1.807) is 48.0 Å². The molecule has 2 aromatic heterocycles. The molecule has 1 unspecified atom stereocenters. The van der Waals surface area contributed by atoms with Crippen LogP contribution in [0.3, 0.4) is 0 Å². The summed E-state index contributed by atoms with van der Waals surface area (Å²) in [4.78, 5) is 17.4. The van der Waals surface area contributed by atoms with Crippen molar-refractivity contribution in [3.05, 3.63) is 70.2 Å². The molecule has 1 atom stereocenters. The highest BCUT2D eigenvalue weighted by atomic mass is 35.5. The fraction of sp³-hybridized carbons (Fsp3) is 0.111. The maximum Gasteiger partial charge on any atom is 0.280 e. The minimum Gasteiger partial charge on any atom is -0.481 e. The number of benzene rings is 1. The van der Waals surface area contributed by atoms with E-state index in [2.05, 4.69) is 4.98 Å². The first-order chi connectivity index (χ1) is 12.9. The van der Waals surface area contributed by atoms with E-state index in [0.717, 1.165) is 15.6 Å². The number of pyridine rings is 1. The van der Waals surface area contributed by atoms with Gasteiger partial charge in [0.25, 0.3) is 15.9 Å². The summed E-state index contributed by atoms with van der Waals surface area (Å²) in [5.74, 6) is -1.21. The summed E-state index contributed by atoms with van der Waals surface area (Å²) < 4.78 is 32.5. The highest BCUT2D eigenvalue weighted by molar-refractivity contribution is 7.95. The van der Waals surface area contributed by atoms with Crippen LogP contribution >= 0.6 is 22.9 Å². The number of fused-ring (bicyclic) bond motifs is 1. The van der Waals surface area contributed by atoms with Gasteiger partial charge in [0.05, 0.1) is 18.7 Å². The second-order valence-electron chi connectivity index (χ2n) is 5.78. The van der Waals surface area contributed by atoms with Gasteiger partial charge in [0.2, 0.25) is 5.88 Å². The van der Waals surface area contributed by atoms with Crippen molar-refractivity contribution in [2.75, 3.05) is 11.4 Å². The molecular weight excluding hydrogens is 408 g/mol. The molecule has 0 saturated carbocycles. The Bertz CT molecular complexity index is 1130. The molecular formula is C18H13ClN2O4S2. The van der Waals surface area contributed by atoms with Crippen LogP contribution in [0.1, 0.15) is 17.0 Å². The molecule has 1 aromatic carbocycles. The van der Waals surface area contributed by atoms with E-state index in [1.165, 1.54) is 13.2 Å². The van der Waals surface area contributed by atoms with Gasteiger partial charge in [-0.3, -0.25) is 4.79 Å². The lowest BCUT2D eigenvalue weighted by Gasteiger charge is -2.17. The average Bonchev–Trinajstić information content (AvgIpc) is 3.28. The fourth-order valence-corrected chi connectivity index (χ4v) is 5.86. The van der Waals surface area contributed by atoms with Crippen molar-refractivity contribution in [3.63, 3.8) is 0 Å². The van der Waals surface area contributed by atoms with E-state index in [0.29, 0.717) is 16.1 Å². The van der Waals surface area contributed by atoms with Gasteiger partial charge in [0.1, 0.15) is 4.21 Å². The highest BCUT2D eigenvalue weighted by Gasteiger charge is 2.46. The lowest BCUT2D eigenvalue weighted by molar-refractivity contribution is -0.117. The zero-order valence-corrected chi connectivity index (χ0v) is 16.4. The van der Waals surface area contributed by atoms with Gasteiger partial charge in [-0.25, -0.2) is 9.29 Å². The zero-order chi connectivity index (χ0) is 19.2. The molecule has 0 radical (unpaired) electrons. The van der Waals surface area contributed by atoms with E-state index < -0.39 is 21.8 Å². The third kappa shape index (κ3) is 2.80. The molecule has 0 bridgehead atoms. The summed E-state index contributed by atoms with van der Waals surface area (Å²) >= 11 is 7.19. The highest BCUT2D eigenvalue weighted by Crippen LogP contribution is 2.46. The number of carbonyl (C=O) groups excluding carboxylic acids is 1. The summed E-state index contributed by atoms with van der Waals surface area (Å²) in [6.07, 6.45) is 1.54. The van der Waals surface area contributed by atoms with Crippen LogP contribution in [0.2, 0.25) is 5.02 Å². The first-order valence-electron chi connectivity index (χ1n) is 7.86. The largest absolute Gasteiger partial charge is 0.481 e. The van der Waals surface area contributed by atoms with Gasteiger partial charge in [0.15, 0.2) is 0 Å². The summed E-state index contributed by atoms with van der Waals surface area (Å²) in [5, 5.41) is 2.06. The molecule has 9 heteroatoms. The normalized spacial score (nSPS) is 16.4. The quantitative estimate of drug-likeness (QED) is 0.643. The number of rotatable bonds is 4. The lowest BCUT2D eigenvalue weighted by atomic mass is 9.93. The molecule has 3 aromatic rings. The molecule has 6 nitrogen and oxygen atoms in total. The predicted molar refractivity (Wildman–Crippen MR) is 103 cm³/mol. The molecule has 1 amide bonds. The summed E-state index contributed by atoms with van der Waals surface area (Å²) in [7, 11) is -2.58. The Hall–Kier alpha value is -2.42. The number of amides is 1. The summed E-state index contributed by atoms with van der Waals surface area (Å²) in [6.45, 7) is 0. The Morgan fingerprint density at radius 2 is 2.00 bits per heavy atom. The van der Waals surface area contributed by atoms with Gasteiger partial charge >= 0.3 is 0 Å². The number of hydrogen-bond acceptors (Lipinski definition) is 6. The number of hydrogen-bond donors (Lipinski definition) is 0. The van der Waals surface area contributed by atoms with Crippen LogP contribution in [0.15, 0.2) is 58.3 Å². The van der Waals surface area contributed by atoms with Crippen molar-refractivity contribution in [1.29, 1.82) is 0 Å². The second-order valence-corrected chi connectivity index (χ2v) is 9.18. The Balaban J connectivity index is 1.94. The molecule has 0 N–H and O–H groups in total. The number of carbonyl (C=O) groups is 1. The van der Waals surface area contributed by atoms with Crippen molar-refractivity contribution in [1.82, 2.24) is 4.98 Å². The summed E-state index contributed by atoms with van der Waals surface area (Å²) in [6, 6.07) is 11.2. The Morgan fingerprint density at radius 1 is 1.19 bits per heavy atom. The number of anilines is 1. The van der Waals surface area contributed by atoms with Gasteiger partial charge in [0, 0.05) is 16.8 Å². The average molecular weight is 421 g/mol. The third-order valence-corrected chi connectivity index (χ3v) is 7.58. The molecule has 3 heterocycles. The van der Waals surface area contributed by atoms with Gasteiger partial charge in [-0.1, -0.05) is 23.7 Å². The van der Waals surface area contributed by atoms with Gasteiger partial charge in [-0.05, 0) is 41.3 Å². The third-order valence-electron chi connectivity index (χ3n) is 4.26. The van der Waals surface area contributed by atoms with Crippen LogP contribution in [0.4, 0.5) is 5.69 Å². The van der Waals surface area contributed by atoms with Crippen molar-refractivity contribution in [3.8, 4) is 5.88 Å². The topological polar surface area (TPSA) is 76.6 Å². The first-order valence-corrected chi connectivity index (χ1v) is 10.6. The molecule has 0 fully saturated rings. The number of methoxy groups -OCH3 is 1. The van der Waals surface area contributed by atoms with E-state index in [4.69, 9.17) is 16.3 Å². The Labute approximate surface area is 165 Å². The van der Waals surface area contributed by atoms with Crippen molar-refractivity contribution < 1.29 is 17.9 Å². The van der Waals surface area contributed by atoms with E-state index >= 15 is 0 Å². The number of aromatic nitrogens is 1. The molecule has 1 aliphatic rings. The number of nitrogens with zero attached hydrogens (tertiary/aromatic N) is 2. The van der Waals surface area contributed by atoms with E-state index in [1.807, 2.05) is 0 Å².